The zero-order valence-corrected chi connectivity index (χ0v) is 12.8. The highest BCUT2D eigenvalue weighted by Crippen LogP contribution is 2.22. The van der Waals surface area contributed by atoms with Gasteiger partial charge in [0.05, 0.1) is 6.61 Å². The Balaban J connectivity index is 3.25. The van der Waals surface area contributed by atoms with Crippen LogP contribution in [0.1, 0.15) is 19.4 Å². The average molecular weight is 304 g/mol. The summed E-state index contributed by atoms with van der Waals surface area (Å²) in [6, 6.07) is 3.59. The van der Waals surface area contributed by atoms with E-state index in [-0.39, 0.29) is 30.6 Å². The summed E-state index contributed by atoms with van der Waals surface area (Å²) < 4.78 is 45.1. The van der Waals surface area contributed by atoms with Crippen LogP contribution in [0, 0.1) is 5.82 Å². The van der Waals surface area contributed by atoms with Gasteiger partial charge >= 0.3 is 0 Å². The summed E-state index contributed by atoms with van der Waals surface area (Å²) in [5.41, 5.74) is 6.05. The van der Waals surface area contributed by atoms with E-state index < -0.39 is 15.8 Å². The van der Waals surface area contributed by atoms with Crippen molar-refractivity contribution in [1.29, 1.82) is 0 Å². The third-order valence-corrected chi connectivity index (χ3v) is 5.00. The second kappa shape index (κ2) is 7.12. The molecule has 0 heterocycles. The van der Waals surface area contributed by atoms with E-state index in [2.05, 4.69) is 0 Å². The van der Waals surface area contributed by atoms with Crippen LogP contribution in [0.25, 0.3) is 0 Å². The van der Waals surface area contributed by atoms with Crippen molar-refractivity contribution < 1.29 is 17.5 Å². The molecule has 20 heavy (non-hydrogen) atoms. The molecule has 0 aliphatic carbocycles. The van der Waals surface area contributed by atoms with Crippen LogP contribution >= 0.6 is 0 Å². The maximum atomic E-state index is 13.9. The topological polar surface area (TPSA) is 72.6 Å². The molecular weight excluding hydrogens is 283 g/mol. The van der Waals surface area contributed by atoms with Crippen LogP contribution in [-0.2, 0) is 21.3 Å². The minimum Gasteiger partial charge on any atom is -0.383 e. The number of nitrogens with two attached hydrogens (primary N) is 1. The highest BCUT2D eigenvalue weighted by Gasteiger charge is 2.29. The molecule has 0 saturated carbocycles. The number of benzene rings is 1. The summed E-state index contributed by atoms with van der Waals surface area (Å²) in [5.74, 6) is -0.773. The monoisotopic (exact) mass is 304 g/mol. The molecule has 2 N–H and O–H groups in total. The van der Waals surface area contributed by atoms with E-state index >= 15 is 0 Å². The van der Waals surface area contributed by atoms with Crippen LogP contribution in [0.15, 0.2) is 23.1 Å². The SMILES string of the molecule is COCCN(C(C)C)S(=O)(=O)c1cc(CN)ccc1F. The standard InChI is InChI=1S/C13H21FN2O3S/c1-10(2)16(6-7-19-3)20(17,18)13-8-11(9-15)4-5-12(13)14/h4-5,8,10H,6-7,9,15H2,1-3H3. The lowest BCUT2D eigenvalue weighted by atomic mass is 10.2. The molecule has 7 heteroatoms. The van der Waals surface area contributed by atoms with Crippen LogP contribution in [0.4, 0.5) is 4.39 Å². The maximum Gasteiger partial charge on any atom is 0.246 e. The first-order valence-corrected chi connectivity index (χ1v) is 7.77. The quantitative estimate of drug-likeness (QED) is 0.825. The van der Waals surface area contributed by atoms with Crippen molar-refractivity contribution in [1.82, 2.24) is 4.31 Å². The zero-order chi connectivity index (χ0) is 15.3. The molecule has 0 aromatic heterocycles. The third kappa shape index (κ3) is 3.76. The predicted octanol–water partition coefficient (Wildman–Crippen LogP) is 1.33. The molecule has 0 bridgehead atoms. The van der Waals surface area contributed by atoms with Crippen LogP contribution in [-0.4, -0.2) is 39.0 Å². The Kier molecular flexibility index (Phi) is 6.07. The summed E-state index contributed by atoms with van der Waals surface area (Å²) in [5, 5.41) is 0. The molecule has 0 fully saturated rings. The van der Waals surface area contributed by atoms with Gasteiger partial charge in [0.15, 0.2) is 0 Å². The molecule has 0 aliphatic heterocycles. The smallest absolute Gasteiger partial charge is 0.246 e. The Bertz CT molecular complexity index is 547. The van der Waals surface area contributed by atoms with E-state index in [9.17, 15) is 12.8 Å². The van der Waals surface area contributed by atoms with E-state index in [0.717, 1.165) is 6.07 Å². The summed E-state index contributed by atoms with van der Waals surface area (Å²) in [7, 11) is -2.43. The number of hydrogen-bond acceptors (Lipinski definition) is 4. The van der Waals surface area contributed by atoms with Gasteiger partial charge in [-0.2, -0.15) is 4.31 Å². The fourth-order valence-electron chi connectivity index (χ4n) is 1.84. The number of halogens is 1. The van der Waals surface area contributed by atoms with Crippen LogP contribution in [0.3, 0.4) is 0 Å². The fraction of sp³-hybridized carbons (Fsp3) is 0.538. The molecule has 1 aromatic carbocycles. The molecule has 0 aliphatic rings. The zero-order valence-electron chi connectivity index (χ0n) is 12.0. The lowest BCUT2D eigenvalue weighted by molar-refractivity contribution is 0.170. The number of ether oxygens (including phenoxy) is 1. The molecule has 1 rings (SSSR count). The molecule has 0 saturated heterocycles. The van der Waals surface area contributed by atoms with Crippen molar-refractivity contribution in [3.63, 3.8) is 0 Å². The lowest BCUT2D eigenvalue weighted by Crippen LogP contribution is -2.39. The molecule has 0 atom stereocenters. The van der Waals surface area contributed by atoms with Gasteiger partial charge in [-0.1, -0.05) is 6.07 Å². The van der Waals surface area contributed by atoms with E-state index in [0.29, 0.717) is 5.56 Å². The summed E-state index contributed by atoms with van der Waals surface area (Å²) in [4.78, 5) is -0.342. The number of rotatable bonds is 7. The fourth-order valence-corrected chi connectivity index (χ4v) is 3.57. The molecule has 0 amide bonds. The summed E-state index contributed by atoms with van der Waals surface area (Å²) in [6.45, 7) is 4.04. The highest BCUT2D eigenvalue weighted by atomic mass is 32.2. The van der Waals surface area contributed by atoms with Gasteiger partial charge in [0.1, 0.15) is 10.7 Å². The van der Waals surface area contributed by atoms with Gasteiger partial charge in [-0.05, 0) is 31.5 Å². The van der Waals surface area contributed by atoms with Crippen molar-refractivity contribution >= 4 is 10.0 Å². The number of nitrogens with zero attached hydrogens (tertiary/aromatic N) is 1. The van der Waals surface area contributed by atoms with Gasteiger partial charge in [-0.15, -0.1) is 0 Å². The Labute approximate surface area is 119 Å². The Morgan fingerprint density at radius 2 is 2.05 bits per heavy atom. The summed E-state index contributed by atoms with van der Waals surface area (Å²) in [6.07, 6.45) is 0. The van der Waals surface area contributed by atoms with Crippen molar-refractivity contribution in [2.45, 2.75) is 31.3 Å². The van der Waals surface area contributed by atoms with Gasteiger partial charge in [-0.25, -0.2) is 12.8 Å². The maximum absolute atomic E-state index is 13.9. The van der Waals surface area contributed by atoms with E-state index in [1.807, 2.05) is 0 Å². The van der Waals surface area contributed by atoms with Gasteiger partial charge in [0.2, 0.25) is 10.0 Å². The third-order valence-electron chi connectivity index (χ3n) is 2.91. The van der Waals surface area contributed by atoms with Crippen molar-refractivity contribution in [3.05, 3.63) is 29.6 Å². The number of methoxy groups -OCH3 is 1. The predicted molar refractivity (Wildman–Crippen MR) is 75.2 cm³/mol. The molecule has 1 aromatic rings. The first-order chi connectivity index (χ1) is 9.34. The van der Waals surface area contributed by atoms with Crippen LogP contribution in [0.5, 0.6) is 0 Å². The van der Waals surface area contributed by atoms with E-state index in [1.165, 1.54) is 23.5 Å². The molecule has 0 unspecified atom stereocenters. The van der Waals surface area contributed by atoms with Crippen LogP contribution in [0.2, 0.25) is 0 Å². The largest absolute Gasteiger partial charge is 0.383 e. The number of sulfonamides is 1. The molecule has 114 valence electrons. The van der Waals surface area contributed by atoms with Gasteiger partial charge in [-0.3, -0.25) is 0 Å². The summed E-state index contributed by atoms with van der Waals surface area (Å²) >= 11 is 0. The van der Waals surface area contributed by atoms with Crippen molar-refractivity contribution in [2.75, 3.05) is 20.3 Å². The molecular formula is C13H21FN2O3S. The molecule has 0 radical (unpaired) electrons. The first-order valence-electron chi connectivity index (χ1n) is 6.33. The van der Waals surface area contributed by atoms with Gasteiger partial charge in [0, 0.05) is 26.2 Å². The average Bonchev–Trinajstić information content (AvgIpc) is 2.38. The van der Waals surface area contributed by atoms with E-state index in [1.54, 1.807) is 13.8 Å². The molecule has 5 nitrogen and oxygen atoms in total. The van der Waals surface area contributed by atoms with E-state index in [4.69, 9.17) is 10.5 Å². The number of hydrogen-bond donors (Lipinski definition) is 1. The Hall–Kier alpha value is -1.02. The highest BCUT2D eigenvalue weighted by molar-refractivity contribution is 7.89. The van der Waals surface area contributed by atoms with Gasteiger partial charge in [0.25, 0.3) is 0 Å². The van der Waals surface area contributed by atoms with Crippen LogP contribution < -0.4 is 5.73 Å². The molecule has 0 spiro atoms. The minimum atomic E-state index is -3.91. The Morgan fingerprint density at radius 3 is 2.55 bits per heavy atom. The second-order valence-electron chi connectivity index (χ2n) is 4.67. The normalized spacial score (nSPS) is 12.3. The second-order valence-corrected chi connectivity index (χ2v) is 6.53. The van der Waals surface area contributed by atoms with Crippen molar-refractivity contribution in [3.8, 4) is 0 Å². The lowest BCUT2D eigenvalue weighted by Gasteiger charge is -2.26. The van der Waals surface area contributed by atoms with Gasteiger partial charge < -0.3 is 10.5 Å². The minimum absolute atomic E-state index is 0.155. The Morgan fingerprint density at radius 1 is 1.40 bits per heavy atom. The van der Waals surface area contributed by atoms with Crippen molar-refractivity contribution in [2.24, 2.45) is 5.73 Å². The first kappa shape index (κ1) is 17.0.